The van der Waals surface area contributed by atoms with Crippen molar-refractivity contribution in [3.05, 3.63) is 212 Å². The number of rotatable bonds is 7. The first-order valence-corrected chi connectivity index (χ1v) is 18.4. The molecule has 0 fully saturated rings. The third-order valence-corrected chi connectivity index (χ3v) is 10.5. The van der Waals surface area contributed by atoms with E-state index in [-0.39, 0.29) is 0 Å². The predicted octanol–water partition coefficient (Wildman–Crippen LogP) is 14.9. The minimum Gasteiger partial charge on any atom is -0.455 e. The molecule has 0 N–H and O–H groups in total. The molecule has 0 aliphatic heterocycles. The van der Waals surface area contributed by atoms with Gasteiger partial charge >= 0.3 is 0 Å². The highest BCUT2D eigenvalue weighted by Gasteiger charge is 2.17. The molecule has 2 heteroatoms. The molecule has 0 amide bonds. The van der Waals surface area contributed by atoms with Crippen LogP contribution in [0.15, 0.2) is 217 Å². The molecule has 0 unspecified atom stereocenters. The van der Waals surface area contributed by atoms with Gasteiger partial charge in [-0.3, -0.25) is 0 Å². The van der Waals surface area contributed by atoms with E-state index < -0.39 is 0 Å². The zero-order valence-corrected chi connectivity index (χ0v) is 29.6. The lowest BCUT2D eigenvalue weighted by Crippen LogP contribution is -2.10. The average Bonchev–Trinajstić information content (AvgIpc) is 3.64. The van der Waals surface area contributed by atoms with Gasteiger partial charge in [0.05, 0.1) is 0 Å². The van der Waals surface area contributed by atoms with E-state index in [2.05, 4.69) is 205 Å². The molecule has 0 radical (unpaired) electrons. The van der Waals surface area contributed by atoms with Gasteiger partial charge in [0.1, 0.15) is 11.2 Å². The van der Waals surface area contributed by atoms with Gasteiger partial charge in [0.15, 0.2) is 0 Å². The molecule has 10 rings (SSSR count). The highest BCUT2D eigenvalue weighted by molar-refractivity contribution is 6.09. The van der Waals surface area contributed by atoms with E-state index in [4.69, 9.17) is 4.42 Å². The molecule has 0 atom stereocenters. The maximum Gasteiger partial charge on any atom is 0.143 e. The van der Waals surface area contributed by atoms with Crippen molar-refractivity contribution < 1.29 is 4.42 Å². The first-order chi connectivity index (χ1) is 26.8. The lowest BCUT2D eigenvalue weighted by atomic mass is 9.97. The molecule has 10 aromatic rings. The smallest absolute Gasteiger partial charge is 0.143 e. The molecule has 2 nitrogen and oxygen atoms in total. The van der Waals surface area contributed by atoms with E-state index in [1.165, 1.54) is 44.2 Å². The standard InChI is InChI=1S/C52H35NO/c1-2-11-36(12-3-1)37-23-25-38(26-24-37)39-27-31-43(32-28-39)53(45-16-8-15-42(35-45)47-19-9-14-40-13-4-5-17-46(40)47)44-33-29-41(30-34-44)48-20-10-21-50-49-18-6-7-22-51(49)54-52(48)50/h1-35H. The molecule has 0 spiro atoms. The molecule has 0 aliphatic carbocycles. The van der Waals surface area contributed by atoms with Crippen molar-refractivity contribution in [3.63, 3.8) is 0 Å². The quantitative estimate of drug-likeness (QED) is 0.166. The first-order valence-electron chi connectivity index (χ1n) is 18.4. The van der Waals surface area contributed by atoms with Crippen LogP contribution >= 0.6 is 0 Å². The van der Waals surface area contributed by atoms with E-state index in [1.807, 2.05) is 12.1 Å². The summed E-state index contributed by atoms with van der Waals surface area (Å²) in [5.41, 5.74) is 14.5. The highest BCUT2D eigenvalue weighted by Crippen LogP contribution is 2.41. The number of anilines is 3. The lowest BCUT2D eigenvalue weighted by molar-refractivity contribution is 0.670. The zero-order chi connectivity index (χ0) is 35.8. The Bertz CT molecular complexity index is 2900. The van der Waals surface area contributed by atoms with Gasteiger partial charge in [0, 0.05) is 33.4 Å². The number of furan rings is 1. The molecule has 1 heterocycles. The second kappa shape index (κ2) is 13.4. The number of hydrogen-bond donors (Lipinski definition) is 0. The van der Waals surface area contributed by atoms with Crippen molar-refractivity contribution in [1.29, 1.82) is 0 Å². The van der Waals surface area contributed by atoms with Crippen molar-refractivity contribution in [2.75, 3.05) is 4.90 Å². The fraction of sp³-hybridized carbons (Fsp3) is 0. The second-order valence-electron chi connectivity index (χ2n) is 13.7. The van der Waals surface area contributed by atoms with Gasteiger partial charge in [0.25, 0.3) is 0 Å². The van der Waals surface area contributed by atoms with Crippen LogP contribution in [0.2, 0.25) is 0 Å². The fourth-order valence-electron chi connectivity index (χ4n) is 7.79. The molecular formula is C52H35NO. The number of nitrogens with zero attached hydrogens (tertiary/aromatic N) is 1. The topological polar surface area (TPSA) is 16.4 Å². The third kappa shape index (κ3) is 5.71. The van der Waals surface area contributed by atoms with Gasteiger partial charge in [-0.15, -0.1) is 0 Å². The lowest BCUT2D eigenvalue weighted by Gasteiger charge is -2.26. The van der Waals surface area contributed by atoms with Crippen molar-refractivity contribution in [3.8, 4) is 44.5 Å². The normalized spacial score (nSPS) is 11.3. The summed E-state index contributed by atoms with van der Waals surface area (Å²) in [6, 6.07) is 75.8. The number of benzene rings is 9. The van der Waals surface area contributed by atoms with Crippen molar-refractivity contribution in [2.45, 2.75) is 0 Å². The van der Waals surface area contributed by atoms with E-state index in [0.717, 1.165) is 50.1 Å². The summed E-state index contributed by atoms with van der Waals surface area (Å²) in [6.45, 7) is 0. The highest BCUT2D eigenvalue weighted by atomic mass is 16.3. The van der Waals surface area contributed by atoms with Gasteiger partial charge < -0.3 is 9.32 Å². The van der Waals surface area contributed by atoms with E-state index in [9.17, 15) is 0 Å². The Labute approximate surface area is 314 Å². The second-order valence-corrected chi connectivity index (χ2v) is 13.7. The molecule has 0 bridgehead atoms. The van der Waals surface area contributed by atoms with Crippen LogP contribution in [-0.4, -0.2) is 0 Å². The summed E-state index contributed by atoms with van der Waals surface area (Å²) in [6.07, 6.45) is 0. The van der Waals surface area contributed by atoms with Crippen molar-refractivity contribution >= 4 is 49.8 Å². The SMILES string of the molecule is c1ccc(-c2ccc(-c3ccc(N(c4ccc(-c5cccc6c5oc5ccccc56)cc4)c4cccc(-c5cccc6ccccc56)c4)cc3)cc2)cc1. The van der Waals surface area contributed by atoms with Crippen LogP contribution in [0.25, 0.3) is 77.2 Å². The van der Waals surface area contributed by atoms with Crippen molar-refractivity contribution in [1.82, 2.24) is 0 Å². The molecule has 54 heavy (non-hydrogen) atoms. The minimum atomic E-state index is 0.907. The summed E-state index contributed by atoms with van der Waals surface area (Å²) in [4.78, 5) is 2.35. The maximum absolute atomic E-state index is 6.41. The Kier molecular flexibility index (Phi) is 7.85. The number of para-hydroxylation sites is 2. The Morgan fingerprint density at radius 3 is 1.54 bits per heavy atom. The zero-order valence-electron chi connectivity index (χ0n) is 29.6. The molecule has 9 aromatic carbocycles. The van der Waals surface area contributed by atoms with E-state index in [0.29, 0.717) is 0 Å². The first kappa shape index (κ1) is 31.6. The summed E-state index contributed by atoms with van der Waals surface area (Å²) in [5, 5.41) is 4.75. The van der Waals surface area contributed by atoms with Gasteiger partial charge in [-0.2, -0.15) is 0 Å². The van der Waals surface area contributed by atoms with Gasteiger partial charge in [-0.05, 0) is 92.2 Å². The summed E-state index contributed by atoms with van der Waals surface area (Å²) < 4.78 is 6.41. The maximum atomic E-state index is 6.41. The fourth-order valence-corrected chi connectivity index (χ4v) is 7.79. The van der Waals surface area contributed by atoms with Crippen LogP contribution in [0.1, 0.15) is 0 Å². The van der Waals surface area contributed by atoms with Crippen molar-refractivity contribution in [2.24, 2.45) is 0 Å². The predicted molar refractivity (Wildman–Crippen MR) is 228 cm³/mol. The van der Waals surface area contributed by atoms with Crippen LogP contribution in [-0.2, 0) is 0 Å². The van der Waals surface area contributed by atoms with Crippen LogP contribution in [0.4, 0.5) is 17.1 Å². The molecule has 1 aromatic heterocycles. The third-order valence-electron chi connectivity index (χ3n) is 10.5. The monoisotopic (exact) mass is 689 g/mol. The number of fused-ring (bicyclic) bond motifs is 4. The average molecular weight is 690 g/mol. The van der Waals surface area contributed by atoms with Crippen LogP contribution in [0.3, 0.4) is 0 Å². The molecule has 0 saturated carbocycles. The van der Waals surface area contributed by atoms with Crippen LogP contribution in [0, 0.1) is 0 Å². The van der Waals surface area contributed by atoms with Gasteiger partial charge in [0.2, 0.25) is 0 Å². The molecule has 0 aliphatic rings. The largest absolute Gasteiger partial charge is 0.455 e. The summed E-state index contributed by atoms with van der Waals surface area (Å²) in [5.74, 6) is 0. The number of hydrogen-bond acceptors (Lipinski definition) is 2. The molecule has 0 saturated heterocycles. The summed E-state index contributed by atoms with van der Waals surface area (Å²) in [7, 11) is 0. The van der Waals surface area contributed by atoms with Gasteiger partial charge in [-0.1, -0.05) is 170 Å². The van der Waals surface area contributed by atoms with Crippen LogP contribution < -0.4 is 4.90 Å². The molecule has 254 valence electrons. The summed E-state index contributed by atoms with van der Waals surface area (Å²) >= 11 is 0. The Balaban J connectivity index is 1.05. The molecular weight excluding hydrogens is 655 g/mol. The Morgan fingerprint density at radius 1 is 0.296 bits per heavy atom. The van der Waals surface area contributed by atoms with Gasteiger partial charge in [-0.25, -0.2) is 0 Å². The van der Waals surface area contributed by atoms with E-state index in [1.54, 1.807) is 0 Å². The minimum absolute atomic E-state index is 0.907. The van der Waals surface area contributed by atoms with Crippen LogP contribution in [0.5, 0.6) is 0 Å². The Morgan fingerprint density at radius 2 is 0.796 bits per heavy atom. The van der Waals surface area contributed by atoms with E-state index >= 15 is 0 Å². The Hall–Kier alpha value is -7.16.